The number of hydrogen-bond donors (Lipinski definition) is 3. The monoisotopic (exact) mass is 795 g/mol. The second-order valence-corrected chi connectivity index (χ2v) is 16.3. The van der Waals surface area contributed by atoms with Gasteiger partial charge in [0, 0.05) is 36.3 Å². The van der Waals surface area contributed by atoms with Crippen LogP contribution in [0.15, 0.2) is 144 Å². The van der Waals surface area contributed by atoms with Crippen LogP contribution >= 0.6 is 0 Å². The minimum atomic E-state index is -4.10. The topological polar surface area (TPSA) is 134 Å². The van der Waals surface area contributed by atoms with E-state index in [1.54, 1.807) is 45.0 Å². The van der Waals surface area contributed by atoms with Crippen LogP contribution in [0, 0.1) is 5.82 Å². The molecule has 5 aromatic carbocycles. The Morgan fingerprint density at radius 3 is 1.91 bits per heavy atom. The zero-order valence-electron chi connectivity index (χ0n) is 32.4. The maximum atomic E-state index is 15.9. The van der Waals surface area contributed by atoms with Gasteiger partial charge in [-0.15, -0.1) is 0 Å². The molecule has 0 spiro atoms. The summed E-state index contributed by atoms with van der Waals surface area (Å²) in [6.45, 7) is 4.51. The minimum absolute atomic E-state index is 0.00514. The number of sulfonamides is 1. The fourth-order valence-corrected chi connectivity index (χ4v) is 7.73. The maximum absolute atomic E-state index is 15.9. The van der Waals surface area contributed by atoms with Crippen LogP contribution in [0.25, 0.3) is 0 Å². The minimum Gasteiger partial charge on any atom is -0.444 e. The van der Waals surface area contributed by atoms with Crippen LogP contribution in [0.2, 0.25) is 0 Å². The molecule has 2 atom stereocenters. The van der Waals surface area contributed by atoms with Crippen LogP contribution in [0.3, 0.4) is 0 Å². The molecule has 5 aromatic rings. The van der Waals surface area contributed by atoms with Crippen LogP contribution in [-0.4, -0.2) is 67.9 Å². The summed E-state index contributed by atoms with van der Waals surface area (Å²) >= 11 is 0. The highest BCUT2D eigenvalue weighted by Crippen LogP contribution is 2.32. The van der Waals surface area contributed by atoms with Crippen LogP contribution in [-0.2, 0) is 37.3 Å². The number of carbonyl (C=O) groups excluding carboxylic acids is 2. The number of benzene rings is 5. The summed E-state index contributed by atoms with van der Waals surface area (Å²) in [5, 5.41) is 12.8. The van der Waals surface area contributed by atoms with Gasteiger partial charge in [-0.3, -0.25) is 4.79 Å². The van der Waals surface area contributed by atoms with Crippen molar-refractivity contribution in [1.29, 1.82) is 0 Å². The van der Waals surface area contributed by atoms with E-state index in [-0.39, 0.29) is 48.7 Å². The number of carbonyl (C=O) groups is 2. The second-order valence-electron chi connectivity index (χ2n) is 14.6. The fourth-order valence-electron chi connectivity index (χ4n) is 6.44. The highest BCUT2D eigenvalue weighted by molar-refractivity contribution is 7.89. The Morgan fingerprint density at radius 1 is 0.789 bits per heavy atom. The summed E-state index contributed by atoms with van der Waals surface area (Å²) in [7, 11) is -4.10. The van der Waals surface area contributed by atoms with Gasteiger partial charge in [-0.1, -0.05) is 115 Å². The van der Waals surface area contributed by atoms with Gasteiger partial charge in [-0.25, -0.2) is 22.3 Å². The molecule has 10 nitrogen and oxygen atoms in total. The van der Waals surface area contributed by atoms with E-state index in [1.807, 2.05) is 91.0 Å². The quantitative estimate of drug-likeness (QED) is 0.0828. The van der Waals surface area contributed by atoms with Gasteiger partial charge in [0.25, 0.3) is 5.91 Å². The van der Waals surface area contributed by atoms with Gasteiger partial charge in [0.05, 0.1) is 18.1 Å². The molecule has 0 saturated carbocycles. The van der Waals surface area contributed by atoms with Crippen molar-refractivity contribution in [2.24, 2.45) is 0 Å². The molecule has 3 N–H and O–H groups in total. The Kier molecular flexibility index (Phi) is 15.1. The van der Waals surface area contributed by atoms with Crippen molar-refractivity contribution in [3.05, 3.63) is 168 Å². The molecule has 57 heavy (non-hydrogen) atoms. The largest absolute Gasteiger partial charge is 0.444 e. The first-order valence-corrected chi connectivity index (χ1v) is 20.3. The Morgan fingerprint density at radius 2 is 1.35 bits per heavy atom. The van der Waals surface area contributed by atoms with E-state index >= 15 is 4.39 Å². The van der Waals surface area contributed by atoms with Crippen molar-refractivity contribution in [1.82, 2.24) is 9.62 Å². The number of hydrogen-bond acceptors (Lipinski definition) is 7. The summed E-state index contributed by atoms with van der Waals surface area (Å²) in [5.74, 6) is -1.65. The molecule has 5 rings (SSSR count). The summed E-state index contributed by atoms with van der Waals surface area (Å²) in [4.78, 5) is 29.0. The number of anilines is 1. The molecule has 0 heterocycles. The van der Waals surface area contributed by atoms with E-state index in [4.69, 9.17) is 9.47 Å². The van der Waals surface area contributed by atoms with Crippen LogP contribution in [0.5, 0.6) is 0 Å². The average molecular weight is 796 g/mol. The van der Waals surface area contributed by atoms with E-state index in [2.05, 4.69) is 10.0 Å². The smallest absolute Gasteiger partial charge is 0.410 e. The van der Waals surface area contributed by atoms with Gasteiger partial charge in [-0.2, -0.15) is 0 Å². The molecule has 12 heteroatoms. The highest BCUT2D eigenvalue weighted by atomic mass is 32.2. The van der Waals surface area contributed by atoms with Crippen LogP contribution < -0.4 is 10.0 Å². The molecule has 0 aliphatic heterocycles. The average Bonchev–Trinajstić information content (AvgIpc) is 3.19. The Labute approximate surface area is 334 Å². The molecule has 300 valence electrons. The summed E-state index contributed by atoms with van der Waals surface area (Å²) in [5.41, 5.74) is 2.04. The zero-order chi connectivity index (χ0) is 40.8. The van der Waals surface area contributed by atoms with Crippen molar-refractivity contribution in [3.8, 4) is 0 Å². The number of ether oxygens (including phenoxy) is 2. The molecule has 0 fully saturated rings. The van der Waals surface area contributed by atoms with Crippen molar-refractivity contribution in [3.63, 3.8) is 0 Å². The third-order valence-electron chi connectivity index (χ3n) is 9.11. The van der Waals surface area contributed by atoms with Gasteiger partial charge in [0.2, 0.25) is 10.0 Å². The van der Waals surface area contributed by atoms with E-state index in [0.29, 0.717) is 0 Å². The lowest BCUT2D eigenvalue weighted by Gasteiger charge is -2.30. The van der Waals surface area contributed by atoms with Crippen molar-refractivity contribution in [2.75, 3.05) is 25.0 Å². The Balaban J connectivity index is 1.46. The molecule has 1 unspecified atom stereocenters. The number of nitrogens with zero attached hydrogens (tertiary/aromatic N) is 1. The third-order valence-corrected chi connectivity index (χ3v) is 10.6. The molecule has 2 amide bonds. The molecule has 0 saturated heterocycles. The normalized spacial score (nSPS) is 12.8. The van der Waals surface area contributed by atoms with Crippen molar-refractivity contribution in [2.45, 2.75) is 68.8 Å². The first kappa shape index (κ1) is 42.7. The van der Waals surface area contributed by atoms with Gasteiger partial charge in [0.1, 0.15) is 17.5 Å². The highest BCUT2D eigenvalue weighted by Gasteiger charge is 2.33. The summed E-state index contributed by atoms with van der Waals surface area (Å²) in [6, 6.07) is 39.8. The molecule has 0 aliphatic rings. The van der Waals surface area contributed by atoms with E-state index < -0.39 is 58.1 Å². The van der Waals surface area contributed by atoms with Crippen molar-refractivity contribution >= 4 is 27.7 Å². The molecular weight excluding hydrogens is 746 g/mol. The first-order valence-electron chi connectivity index (χ1n) is 18.8. The summed E-state index contributed by atoms with van der Waals surface area (Å²) < 4.78 is 57.7. The summed E-state index contributed by atoms with van der Waals surface area (Å²) in [6.07, 6.45) is -1.84. The molecule has 0 aliphatic carbocycles. The number of nitrogens with one attached hydrogen (secondary N) is 2. The molecule has 0 aromatic heterocycles. The third kappa shape index (κ3) is 12.5. The molecule has 0 bridgehead atoms. The fraction of sp³-hybridized carbons (Fsp3) is 0.289. The lowest BCUT2D eigenvalue weighted by molar-refractivity contribution is -0.129. The lowest BCUT2D eigenvalue weighted by atomic mass is 9.86. The molecular formula is C45H50FN3O7S. The van der Waals surface area contributed by atoms with Gasteiger partial charge in [-0.05, 0) is 74.6 Å². The SMILES string of the molecule is CC(C)(C)OC(=O)N(CCO)C[C@H](CCc1c(F)cccc1NC(=O)C(OCc1ccccc1)C(c1ccccc1)c1ccccc1)NS(=O)(=O)c1ccccc1. The number of aliphatic hydroxyl groups excluding tert-OH is 1. The van der Waals surface area contributed by atoms with E-state index in [9.17, 15) is 23.1 Å². The van der Waals surface area contributed by atoms with Crippen LogP contribution in [0.4, 0.5) is 14.9 Å². The predicted molar refractivity (Wildman–Crippen MR) is 219 cm³/mol. The zero-order valence-corrected chi connectivity index (χ0v) is 33.2. The van der Waals surface area contributed by atoms with Gasteiger partial charge < -0.3 is 24.8 Å². The Bertz CT molecular complexity index is 2100. The number of rotatable bonds is 18. The molecule has 0 radical (unpaired) electrons. The van der Waals surface area contributed by atoms with E-state index in [0.717, 1.165) is 16.7 Å². The number of aliphatic hydroxyl groups is 1. The van der Waals surface area contributed by atoms with Gasteiger partial charge >= 0.3 is 6.09 Å². The lowest BCUT2D eigenvalue weighted by Crippen LogP contribution is -2.48. The number of halogens is 1. The maximum Gasteiger partial charge on any atom is 0.410 e. The Hall–Kier alpha value is -5.40. The predicted octanol–water partition coefficient (Wildman–Crippen LogP) is 7.69. The standard InChI is InChI=1S/C45H50FN3O7S/c1-45(2,3)56-44(52)49(29-30-50)31-36(48-57(53,54)37-23-14-7-15-24-37)27-28-38-39(46)25-16-26-40(38)47-43(51)42(55-32-33-17-8-4-9-18-33)41(34-19-10-5-11-20-34)35-21-12-6-13-22-35/h4-26,36,41-42,48,50H,27-32H2,1-3H3,(H,47,51)/t36-,42?/m0/s1. The van der Waals surface area contributed by atoms with E-state index in [1.165, 1.54) is 29.2 Å². The van der Waals surface area contributed by atoms with Crippen molar-refractivity contribution < 1.29 is 37.0 Å². The van der Waals surface area contributed by atoms with Gasteiger partial charge in [0.15, 0.2) is 0 Å². The second kappa shape index (κ2) is 20.1. The van der Waals surface area contributed by atoms with Crippen LogP contribution in [0.1, 0.15) is 55.4 Å². The first-order chi connectivity index (χ1) is 27.3. The number of amides is 2.